The van der Waals surface area contributed by atoms with Crippen LogP contribution in [0.1, 0.15) is 37.4 Å². The van der Waals surface area contributed by atoms with Crippen LogP contribution in [0.15, 0.2) is 41.0 Å². The molecular formula is C23H28N4O6. The number of benzene rings is 1. The molecule has 10 nitrogen and oxygen atoms in total. The number of nitrogens with one attached hydrogen (secondary N) is 3. The molecule has 0 radical (unpaired) electrons. The Hall–Kier alpha value is -3.69. The van der Waals surface area contributed by atoms with E-state index in [4.69, 9.17) is 9.15 Å². The number of oxazole rings is 1. The van der Waals surface area contributed by atoms with Crippen LogP contribution in [-0.4, -0.2) is 47.3 Å². The van der Waals surface area contributed by atoms with Gasteiger partial charge in [0.25, 0.3) is 5.91 Å². The van der Waals surface area contributed by atoms with Gasteiger partial charge in [-0.3, -0.25) is 14.4 Å². The van der Waals surface area contributed by atoms with Crippen LogP contribution in [0.5, 0.6) is 0 Å². The second kappa shape index (κ2) is 11.3. The van der Waals surface area contributed by atoms with Crippen molar-refractivity contribution in [3.8, 4) is 0 Å². The van der Waals surface area contributed by atoms with Crippen LogP contribution in [0.2, 0.25) is 0 Å². The first kappa shape index (κ1) is 24.0. The molecule has 3 N–H and O–H groups in total. The Balaban J connectivity index is 1.67. The number of hydrogen-bond acceptors (Lipinski definition) is 7. The van der Waals surface area contributed by atoms with Crippen molar-refractivity contribution < 1.29 is 28.3 Å². The minimum Gasteiger partial charge on any atom is -0.449 e. The number of fused-ring (bicyclic) bond motifs is 2. The number of carbonyl (C=O) groups excluding carboxylic acids is 4. The van der Waals surface area contributed by atoms with Gasteiger partial charge in [0.05, 0.1) is 5.69 Å². The first-order chi connectivity index (χ1) is 15.8. The predicted molar refractivity (Wildman–Crippen MR) is 117 cm³/mol. The number of alkyl carbamates (subject to hydrolysis) is 1. The van der Waals surface area contributed by atoms with Crippen LogP contribution in [0.4, 0.5) is 4.79 Å². The van der Waals surface area contributed by atoms with Crippen LogP contribution in [-0.2, 0) is 38.6 Å². The zero-order valence-electron chi connectivity index (χ0n) is 18.6. The summed E-state index contributed by atoms with van der Waals surface area (Å²) in [5.41, 5.74) is 1.26. The molecule has 33 heavy (non-hydrogen) atoms. The Morgan fingerprint density at radius 1 is 1.24 bits per heavy atom. The maximum Gasteiger partial charge on any atom is 0.408 e. The summed E-state index contributed by atoms with van der Waals surface area (Å²) in [4.78, 5) is 54.5. The lowest BCUT2D eigenvalue weighted by atomic mass is 10.0. The third kappa shape index (κ3) is 7.16. The quantitative estimate of drug-likeness (QED) is 0.533. The summed E-state index contributed by atoms with van der Waals surface area (Å²) in [6.07, 6.45) is 1.32. The first-order valence-corrected chi connectivity index (χ1v) is 10.8. The van der Waals surface area contributed by atoms with Crippen LogP contribution >= 0.6 is 0 Å². The number of ether oxygens (including phenoxy) is 1. The van der Waals surface area contributed by atoms with Crippen molar-refractivity contribution in [3.05, 3.63) is 53.7 Å². The van der Waals surface area contributed by atoms with Crippen molar-refractivity contribution in [2.24, 2.45) is 5.92 Å². The molecule has 2 aromatic rings. The summed E-state index contributed by atoms with van der Waals surface area (Å²) in [7, 11) is 0. The molecule has 1 aliphatic heterocycles. The maximum absolute atomic E-state index is 13.0. The lowest BCUT2D eigenvalue weighted by Crippen LogP contribution is -2.55. The van der Waals surface area contributed by atoms with E-state index in [1.165, 1.54) is 6.26 Å². The van der Waals surface area contributed by atoms with Gasteiger partial charge in [0.15, 0.2) is 5.89 Å². The second-order valence-electron chi connectivity index (χ2n) is 8.26. The van der Waals surface area contributed by atoms with E-state index in [-0.39, 0.29) is 25.5 Å². The number of rotatable bonds is 7. The molecule has 176 valence electrons. The molecule has 10 heteroatoms. The van der Waals surface area contributed by atoms with Gasteiger partial charge in [-0.2, -0.15) is 0 Å². The summed E-state index contributed by atoms with van der Waals surface area (Å²) >= 11 is 0. The highest BCUT2D eigenvalue weighted by atomic mass is 16.5. The van der Waals surface area contributed by atoms with E-state index in [0.29, 0.717) is 24.4 Å². The van der Waals surface area contributed by atoms with E-state index < -0.39 is 35.8 Å². The Morgan fingerprint density at radius 2 is 2.00 bits per heavy atom. The largest absolute Gasteiger partial charge is 0.449 e. The number of carbonyl (C=O) groups is 4. The Labute approximate surface area is 191 Å². The average Bonchev–Trinajstić information content (AvgIpc) is 3.22. The van der Waals surface area contributed by atoms with Crippen LogP contribution in [0.25, 0.3) is 0 Å². The lowest BCUT2D eigenvalue weighted by molar-refractivity contribution is -0.140. The van der Waals surface area contributed by atoms with Crippen molar-refractivity contribution in [3.63, 3.8) is 0 Å². The molecule has 0 fully saturated rings. The number of amides is 3. The zero-order chi connectivity index (χ0) is 23.8. The minimum atomic E-state index is -1.15. The molecule has 3 amide bonds. The molecule has 2 atom stereocenters. The molecule has 2 heterocycles. The second-order valence-corrected chi connectivity index (χ2v) is 8.26. The van der Waals surface area contributed by atoms with Gasteiger partial charge in [-0.05, 0) is 17.9 Å². The highest BCUT2D eigenvalue weighted by molar-refractivity contribution is 6.38. The SMILES string of the molecule is CC(C)CC(NC(=O)OCc1ccccc1)C(=O)NC1Cc2coc(n2)CCNC(=O)C1=O. The van der Waals surface area contributed by atoms with E-state index in [2.05, 4.69) is 20.9 Å². The molecule has 0 spiro atoms. The Bertz CT molecular complexity index is 988. The van der Waals surface area contributed by atoms with E-state index >= 15 is 0 Å². The van der Waals surface area contributed by atoms with E-state index in [0.717, 1.165) is 5.56 Å². The van der Waals surface area contributed by atoms with Crippen molar-refractivity contribution in [2.45, 2.75) is 51.8 Å². The van der Waals surface area contributed by atoms with Crippen LogP contribution < -0.4 is 16.0 Å². The van der Waals surface area contributed by atoms with E-state index in [9.17, 15) is 19.2 Å². The highest BCUT2D eigenvalue weighted by Gasteiger charge is 2.32. The van der Waals surface area contributed by atoms with Crippen LogP contribution in [0, 0.1) is 5.92 Å². The number of ketones is 1. The highest BCUT2D eigenvalue weighted by Crippen LogP contribution is 2.11. The monoisotopic (exact) mass is 456 g/mol. The third-order valence-corrected chi connectivity index (χ3v) is 5.02. The molecule has 0 saturated carbocycles. The smallest absolute Gasteiger partial charge is 0.408 e. The van der Waals surface area contributed by atoms with E-state index in [1.807, 2.05) is 44.2 Å². The summed E-state index contributed by atoms with van der Waals surface area (Å²) in [5.74, 6) is -1.67. The molecule has 1 aromatic heterocycles. The van der Waals surface area contributed by atoms with Crippen molar-refractivity contribution >= 4 is 23.7 Å². The van der Waals surface area contributed by atoms with Crippen molar-refractivity contribution in [1.82, 2.24) is 20.9 Å². The molecule has 1 aromatic carbocycles. The summed E-state index contributed by atoms with van der Waals surface area (Å²) in [5, 5.41) is 7.66. The number of nitrogens with zero attached hydrogens (tertiary/aromatic N) is 1. The van der Waals surface area contributed by atoms with Crippen LogP contribution in [0.3, 0.4) is 0 Å². The van der Waals surface area contributed by atoms with Gasteiger partial charge in [0.1, 0.15) is 25.0 Å². The van der Waals surface area contributed by atoms with Gasteiger partial charge >= 0.3 is 6.09 Å². The third-order valence-electron chi connectivity index (χ3n) is 5.02. The first-order valence-electron chi connectivity index (χ1n) is 10.8. The van der Waals surface area contributed by atoms with Gasteiger partial charge in [0, 0.05) is 19.4 Å². The normalized spacial score (nSPS) is 17.1. The number of hydrogen-bond donors (Lipinski definition) is 3. The van der Waals surface area contributed by atoms with Gasteiger partial charge in [-0.25, -0.2) is 9.78 Å². The molecule has 2 unspecified atom stereocenters. The summed E-state index contributed by atoms with van der Waals surface area (Å²) < 4.78 is 10.5. The fourth-order valence-electron chi connectivity index (χ4n) is 3.39. The van der Waals surface area contributed by atoms with Gasteiger partial charge < -0.3 is 25.1 Å². The lowest BCUT2D eigenvalue weighted by Gasteiger charge is -2.23. The van der Waals surface area contributed by atoms with Gasteiger partial charge in [-0.1, -0.05) is 44.2 Å². The van der Waals surface area contributed by atoms with E-state index in [1.54, 1.807) is 0 Å². The van der Waals surface area contributed by atoms with Crippen molar-refractivity contribution in [1.29, 1.82) is 0 Å². The fraction of sp³-hybridized carbons (Fsp3) is 0.435. The van der Waals surface area contributed by atoms with Gasteiger partial charge in [-0.15, -0.1) is 0 Å². The number of Topliss-reactive ketones (excluding diaryl/α,β-unsaturated/α-hetero) is 1. The fourth-order valence-corrected chi connectivity index (χ4v) is 3.39. The predicted octanol–water partition coefficient (Wildman–Crippen LogP) is 1.28. The summed E-state index contributed by atoms with van der Waals surface area (Å²) in [6, 6.07) is 7.05. The zero-order valence-corrected chi connectivity index (χ0v) is 18.6. The molecule has 0 saturated heterocycles. The summed E-state index contributed by atoms with van der Waals surface area (Å²) in [6.45, 7) is 4.04. The Kier molecular flexibility index (Phi) is 8.17. The molecular weight excluding hydrogens is 428 g/mol. The standard InChI is InChI=1S/C23H28N4O6/c1-14(2)10-18(27-23(31)33-12-15-6-4-3-5-7-15)21(29)26-17-11-16-13-32-19(25-16)8-9-24-22(30)20(17)28/h3-7,13-14,17-18H,8-12H2,1-2H3,(H,24,30)(H,26,29)(H,27,31). The Morgan fingerprint density at radius 3 is 2.73 bits per heavy atom. The number of aromatic nitrogens is 1. The molecule has 3 rings (SSSR count). The topological polar surface area (TPSA) is 140 Å². The van der Waals surface area contributed by atoms with Crippen molar-refractivity contribution in [2.75, 3.05) is 6.54 Å². The van der Waals surface area contributed by atoms with Gasteiger partial charge in [0.2, 0.25) is 11.7 Å². The molecule has 2 bridgehead atoms. The minimum absolute atomic E-state index is 0.00561. The average molecular weight is 456 g/mol. The maximum atomic E-state index is 13.0. The molecule has 0 aliphatic carbocycles. The molecule has 1 aliphatic rings.